The maximum absolute atomic E-state index is 11.1. The number of aromatic nitrogens is 3. The van der Waals surface area contributed by atoms with Gasteiger partial charge in [0.05, 0.1) is 11.8 Å². The van der Waals surface area contributed by atoms with E-state index in [9.17, 15) is 4.79 Å². The molecule has 0 aliphatic rings. The Morgan fingerprint density at radius 2 is 2.43 bits per heavy atom. The van der Waals surface area contributed by atoms with Crippen LogP contribution in [0.3, 0.4) is 0 Å². The van der Waals surface area contributed by atoms with Crippen LogP contribution in [-0.4, -0.2) is 20.4 Å². The number of carbonyl (C=O) groups excluding carboxylic acids is 1. The lowest BCUT2D eigenvalue weighted by Crippen LogP contribution is -2.02. The maximum Gasteiger partial charge on any atom is 0.179 e. The van der Waals surface area contributed by atoms with Crippen LogP contribution in [0, 0.1) is 11.3 Å². The highest BCUT2D eigenvalue weighted by Gasteiger charge is 2.10. The fourth-order valence-electron chi connectivity index (χ4n) is 1.22. The Labute approximate surface area is 79.6 Å². The molecule has 2 heterocycles. The van der Waals surface area contributed by atoms with Gasteiger partial charge in [-0.1, -0.05) is 0 Å². The summed E-state index contributed by atoms with van der Waals surface area (Å²) in [6, 6.07) is 3.55. The molecule has 0 saturated heterocycles. The second-order valence-corrected chi connectivity index (χ2v) is 2.79. The number of nitrogens with zero attached hydrogens (tertiary/aromatic N) is 4. The van der Waals surface area contributed by atoms with Crippen molar-refractivity contribution in [2.45, 2.75) is 6.92 Å². The van der Waals surface area contributed by atoms with E-state index in [-0.39, 0.29) is 5.78 Å². The molecule has 0 saturated carbocycles. The molecule has 0 radical (unpaired) electrons. The summed E-state index contributed by atoms with van der Waals surface area (Å²) in [5, 5.41) is 12.7. The fraction of sp³-hybridized carbons (Fsp3) is 0.111. The molecule has 14 heavy (non-hydrogen) atoms. The molecule has 2 aromatic rings. The van der Waals surface area contributed by atoms with Crippen molar-refractivity contribution in [2.75, 3.05) is 0 Å². The second-order valence-electron chi connectivity index (χ2n) is 2.79. The predicted molar refractivity (Wildman–Crippen MR) is 47.7 cm³/mol. The molecule has 0 aromatic carbocycles. The lowest BCUT2D eigenvalue weighted by molar-refractivity contribution is 0.101. The van der Waals surface area contributed by atoms with Gasteiger partial charge in [0.1, 0.15) is 11.8 Å². The van der Waals surface area contributed by atoms with Gasteiger partial charge in [0.15, 0.2) is 11.4 Å². The van der Waals surface area contributed by atoms with Gasteiger partial charge in [-0.05, 0) is 6.07 Å². The predicted octanol–water partition coefficient (Wildman–Crippen LogP) is 0.804. The first-order valence-corrected chi connectivity index (χ1v) is 3.98. The van der Waals surface area contributed by atoms with E-state index < -0.39 is 0 Å². The molecule has 0 atom stereocenters. The van der Waals surface area contributed by atoms with E-state index in [1.165, 1.54) is 23.8 Å². The van der Waals surface area contributed by atoms with Gasteiger partial charge in [0, 0.05) is 13.1 Å². The first-order chi connectivity index (χ1) is 6.74. The monoisotopic (exact) mass is 186 g/mol. The topological polar surface area (TPSA) is 71.0 Å². The van der Waals surface area contributed by atoms with Crippen molar-refractivity contribution in [3.8, 4) is 6.07 Å². The van der Waals surface area contributed by atoms with Gasteiger partial charge < -0.3 is 0 Å². The molecule has 0 N–H and O–H groups in total. The van der Waals surface area contributed by atoms with Crippen LogP contribution in [0.1, 0.15) is 23.0 Å². The Bertz CT molecular complexity index is 549. The number of nitriles is 1. The summed E-state index contributed by atoms with van der Waals surface area (Å²) in [6.45, 7) is 1.43. The third-order valence-corrected chi connectivity index (χ3v) is 1.88. The summed E-state index contributed by atoms with van der Waals surface area (Å²) in [7, 11) is 0. The lowest BCUT2D eigenvalue weighted by Gasteiger charge is -1.95. The Balaban J connectivity index is 2.84. The molecular formula is C9H6N4O. The van der Waals surface area contributed by atoms with Crippen molar-refractivity contribution >= 4 is 11.4 Å². The van der Waals surface area contributed by atoms with E-state index in [0.717, 1.165) is 0 Å². The summed E-state index contributed by atoms with van der Waals surface area (Å²) in [6.07, 6.45) is 2.89. The van der Waals surface area contributed by atoms with E-state index in [0.29, 0.717) is 16.9 Å². The molecule has 5 heteroatoms. The van der Waals surface area contributed by atoms with Gasteiger partial charge in [-0.25, -0.2) is 9.50 Å². The highest BCUT2D eigenvalue weighted by Crippen LogP contribution is 2.09. The zero-order chi connectivity index (χ0) is 10.1. The third kappa shape index (κ3) is 1.05. The molecule has 2 rings (SSSR count). The van der Waals surface area contributed by atoms with Crippen LogP contribution in [-0.2, 0) is 0 Å². The molecule has 2 aromatic heterocycles. The average Bonchev–Trinajstić information content (AvgIpc) is 2.60. The standard InChI is InChI=1S/C9H6N4O/c1-6(14)8-5-11-9-7(4-10)2-3-12-13(8)9/h2-3,5H,1H3. The molecular weight excluding hydrogens is 180 g/mol. The number of hydrogen-bond acceptors (Lipinski definition) is 4. The summed E-state index contributed by atoms with van der Waals surface area (Å²) < 4.78 is 1.38. The minimum Gasteiger partial charge on any atom is -0.293 e. The molecule has 0 aliphatic heterocycles. The van der Waals surface area contributed by atoms with Crippen LogP contribution in [0.4, 0.5) is 0 Å². The molecule has 0 aliphatic carbocycles. The minimum absolute atomic E-state index is 0.125. The van der Waals surface area contributed by atoms with Gasteiger partial charge in [-0.3, -0.25) is 4.79 Å². The van der Waals surface area contributed by atoms with Crippen molar-refractivity contribution in [1.82, 2.24) is 14.6 Å². The Morgan fingerprint density at radius 3 is 3.07 bits per heavy atom. The number of hydrogen-bond donors (Lipinski definition) is 0. The molecule has 0 bridgehead atoms. The van der Waals surface area contributed by atoms with Crippen LogP contribution in [0.2, 0.25) is 0 Å². The van der Waals surface area contributed by atoms with Crippen LogP contribution in [0.15, 0.2) is 18.5 Å². The van der Waals surface area contributed by atoms with Crippen molar-refractivity contribution in [2.24, 2.45) is 0 Å². The number of ketones is 1. The summed E-state index contributed by atoms with van der Waals surface area (Å²) in [4.78, 5) is 15.1. The molecule has 0 amide bonds. The minimum atomic E-state index is -0.125. The van der Waals surface area contributed by atoms with Crippen molar-refractivity contribution in [3.05, 3.63) is 29.7 Å². The van der Waals surface area contributed by atoms with Crippen molar-refractivity contribution in [3.63, 3.8) is 0 Å². The molecule has 68 valence electrons. The average molecular weight is 186 g/mol. The van der Waals surface area contributed by atoms with Gasteiger partial charge in [0.25, 0.3) is 0 Å². The first kappa shape index (κ1) is 8.38. The van der Waals surface area contributed by atoms with E-state index in [2.05, 4.69) is 10.1 Å². The van der Waals surface area contributed by atoms with Crippen LogP contribution in [0.5, 0.6) is 0 Å². The molecule has 0 fully saturated rings. The number of fused-ring (bicyclic) bond motifs is 1. The Morgan fingerprint density at radius 1 is 1.64 bits per heavy atom. The molecule has 5 nitrogen and oxygen atoms in total. The van der Waals surface area contributed by atoms with E-state index in [1.807, 2.05) is 6.07 Å². The first-order valence-electron chi connectivity index (χ1n) is 3.98. The quantitative estimate of drug-likeness (QED) is 0.617. The number of rotatable bonds is 1. The van der Waals surface area contributed by atoms with Crippen LogP contribution in [0.25, 0.3) is 5.65 Å². The van der Waals surface area contributed by atoms with Crippen molar-refractivity contribution in [1.29, 1.82) is 5.26 Å². The van der Waals surface area contributed by atoms with Gasteiger partial charge in [-0.2, -0.15) is 10.4 Å². The largest absolute Gasteiger partial charge is 0.293 e. The van der Waals surface area contributed by atoms with Crippen LogP contribution < -0.4 is 0 Å². The summed E-state index contributed by atoms with van der Waals surface area (Å²) >= 11 is 0. The van der Waals surface area contributed by atoms with E-state index in [1.54, 1.807) is 6.07 Å². The highest BCUT2D eigenvalue weighted by molar-refractivity contribution is 5.93. The maximum atomic E-state index is 11.1. The molecule has 0 spiro atoms. The Kier molecular flexibility index (Phi) is 1.75. The number of Topliss-reactive ketones (excluding diaryl/α,β-unsaturated/α-hetero) is 1. The van der Waals surface area contributed by atoms with Gasteiger partial charge in [0.2, 0.25) is 0 Å². The fourth-order valence-corrected chi connectivity index (χ4v) is 1.22. The third-order valence-electron chi connectivity index (χ3n) is 1.88. The van der Waals surface area contributed by atoms with Crippen molar-refractivity contribution < 1.29 is 4.79 Å². The zero-order valence-electron chi connectivity index (χ0n) is 7.43. The second kappa shape index (κ2) is 2.92. The van der Waals surface area contributed by atoms with Gasteiger partial charge >= 0.3 is 0 Å². The summed E-state index contributed by atoms with van der Waals surface area (Å²) in [5.41, 5.74) is 1.21. The smallest absolute Gasteiger partial charge is 0.179 e. The molecule has 0 unspecified atom stereocenters. The lowest BCUT2D eigenvalue weighted by atomic mass is 10.3. The summed E-state index contributed by atoms with van der Waals surface area (Å²) in [5.74, 6) is -0.125. The normalized spacial score (nSPS) is 10.0. The SMILES string of the molecule is CC(=O)c1cnc2c(C#N)ccnn12. The zero-order valence-corrected chi connectivity index (χ0v) is 7.43. The van der Waals surface area contributed by atoms with E-state index >= 15 is 0 Å². The number of carbonyl (C=O) groups is 1. The van der Waals surface area contributed by atoms with E-state index in [4.69, 9.17) is 5.26 Å². The highest BCUT2D eigenvalue weighted by atomic mass is 16.1. The Hall–Kier alpha value is -2.22. The van der Waals surface area contributed by atoms with Crippen LogP contribution >= 0.6 is 0 Å². The van der Waals surface area contributed by atoms with Gasteiger partial charge in [-0.15, -0.1) is 0 Å². The number of imidazole rings is 1.